The second-order valence-corrected chi connectivity index (χ2v) is 9.64. The molecule has 8 heteroatoms. The van der Waals surface area contributed by atoms with E-state index in [-0.39, 0.29) is 35.9 Å². The molecule has 27 heavy (non-hydrogen) atoms. The standard InChI is InChI=1S/C19H26FN3O3S/c20-17-3-1-2-4-18(17)27(25,26)22-11-8-14(9-12-22)19(24)23-15-5-6-16(23)13-21-10-7-15/h1-4,14-16,21H,5-13H2. The van der Waals surface area contributed by atoms with E-state index in [1.807, 2.05) is 0 Å². The highest BCUT2D eigenvalue weighted by Crippen LogP contribution is 2.33. The molecule has 3 heterocycles. The molecule has 1 aromatic carbocycles. The molecule has 0 spiro atoms. The molecule has 3 saturated heterocycles. The number of sulfonamides is 1. The highest BCUT2D eigenvalue weighted by molar-refractivity contribution is 7.89. The van der Waals surface area contributed by atoms with Gasteiger partial charge < -0.3 is 10.2 Å². The summed E-state index contributed by atoms with van der Waals surface area (Å²) in [5, 5.41) is 3.40. The summed E-state index contributed by atoms with van der Waals surface area (Å²) in [7, 11) is -3.86. The monoisotopic (exact) mass is 395 g/mol. The number of nitrogens with one attached hydrogen (secondary N) is 1. The normalized spacial score (nSPS) is 27.5. The Morgan fingerprint density at radius 1 is 1.04 bits per heavy atom. The highest BCUT2D eigenvalue weighted by atomic mass is 32.2. The van der Waals surface area contributed by atoms with Gasteiger partial charge in [-0.25, -0.2) is 12.8 Å². The number of rotatable bonds is 3. The first-order chi connectivity index (χ1) is 13.0. The summed E-state index contributed by atoms with van der Waals surface area (Å²) in [6, 6.07) is 6.04. The molecule has 2 unspecified atom stereocenters. The summed E-state index contributed by atoms with van der Waals surface area (Å²) in [5.74, 6) is -0.697. The summed E-state index contributed by atoms with van der Waals surface area (Å²) >= 11 is 0. The molecule has 1 aromatic rings. The Balaban J connectivity index is 1.43. The zero-order chi connectivity index (χ0) is 19.0. The fourth-order valence-electron chi connectivity index (χ4n) is 4.69. The number of hydrogen-bond donors (Lipinski definition) is 1. The number of hydrogen-bond acceptors (Lipinski definition) is 4. The summed E-state index contributed by atoms with van der Waals surface area (Å²) < 4.78 is 40.7. The summed E-state index contributed by atoms with van der Waals surface area (Å²) in [6.45, 7) is 2.32. The third kappa shape index (κ3) is 3.50. The van der Waals surface area contributed by atoms with Crippen molar-refractivity contribution in [2.75, 3.05) is 26.2 Å². The number of halogens is 1. The predicted octanol–water partition coefficient (Wildman–Crippen LogP) is 1.58. The van der Waals surface area contributed by atoms with Crippen molar-refractivity contribution in [1.29, 1.82) is 0 Å². The molecule has 2 atom stereocenters. The SMILES string of the molecule is O=C(C1CCN(S(=O)(=O)c2ccccc2F)CC1)N1C2CCNCC1CC2. The van der Waals surface area contributed by atoms with Crippen molar-refractivity contribution in [2.45, 2.75) is 49.1 Å². The first-order valence-electron chi connectivity index (χ1n) is 9.76. The molecule has 3 aliphatic heterocycles. The fraction of sp³-hybridized carbons (Fsp3) is 0.632. The number of carbonyl (C=O) groups is 1. The Hall–Kier alpha value is -1.51. The lowest BCUT2D eigenvalue weighted by atomic mass is 9.95. The maximum atomic E-state index is 13.9. The van der Waals surface area contributed by atoms with Crippen LogP contribution in [0.15, 0.2) is 29.2 Å². The minimum atomic E-state index is -3.86. The second-order valence-electron chi connectivity index (χ2n) is 7.73. The first kappa shape index (κ1) is 18.8. The molecule has 3 aliphatic rings. The molecule has 2 bridgehead atoms. The van der Waals surface area contributed by atoms with Gasteiger partial charge in [-0.2, -0.15) is 4.31 Å². The lowest BCUT2D eigenvalue weighted by Crippen LogP contribution is -2.48. The van der Waals surface area contributed by atoms with Crippen LogP contribution >= 0.6 is 0 Å². The van der Waals surface area contributed by atoms with Crippen LogP contribution in [0.5, 0.6) is 0 Å². The van der Waals surface area contributed by atoms with Crippen molar-refractivity contribution in [1.82, 2.24) is 14.5 Å². The van der Waals surface area contributed by atoms with E-state index >= 15 is 0 Å². The Labute approximate surface area is 159 Å². The van der Waals surface area contributed by atoms with Crippen LogP contribution in [0, 0.1) is 11.7 Å². The summed E-state index contributed by atoms with van der Waals surface area (Å²) in [5.41, 5.74) is 0. The van der Waals surface area contributed by atoms with E-state index in [1.165, 1.54) is 22.5 Å². The summed E-state index contributed by atoms with van der Waals surface area (Å²) in [4.78, 5) is 14.9. The van der Waals surface area contributed by atoms with Gasteiger partial charge in [0, 0.05) is 37.6 Å². The van der Waals surface area contributed by atoms with Crippen LogP contribution in [-0.2, 0) is 14.8 Å². The lowest BCUT2D eigenvalue weighted by molar-refractivity contribution is -0.139. The Morgan fingerprint density at radius 3 is 2.48 bits per heavy atom. The minimum absolute atomic E-state index is 0.140. The van der Waals surface area contributed by atoms with Crippen LogP contribution in [0.2, 0.25) is 0 Å². The van der Waals surface area contributed by atoms with Gasteiger partial charge in [-0.15, -0.1) is 0 Å². The number of fused-ring (bicyclic) bond motifs is 2. The zero-order valence-electron chi connectivity index (χ0n) is 15.3. The average molecular weight is 396 g/mol. The molecular formula is C19H26FN3O3S. The average Bonchev–Trinajstić information content (AvgIpc) is 2.94. The molecule has 1 amide bonds. The maximum absolute atomic E-state index is 13.9. The van der Waals surface area contributed by atoms with E-state index in [4.69, 9.17) is 0 Å². The van der Waals surface area contributed by atoms with Gasteiger partial charge in [0.1, 0.15) is 10.7 Å². The second kappa shape index (κ2) is 7.48. The third-order valence-corrected chi connectivity index (χ3v) is 8.10. The zero-order valence-corrected chi connectivity index (χ0v) is 16.1. The molecule has 0 saturated carbocycles. The minimum Gasteiger partial charge on any atom is -0.335 e. The van der Waals surface area contributed by atoms with Crippen molar-refractivity contribution >= 4 is 15.9 Å². The van der Waals surface area contributed by atoms with Crippen molar-refractivity contribution < 1.29 is 17.6 Å². The topological polar surface area (TPSA) is 69.7 Å². The van der Waals surface area contributed by atoms with Crippen LogP contribution in [0.1, 0.15) is 32.1 Å². The molecule has 0 radical (unpaired) electrons. The fourth-order valence-corrected chi connectivity index (χ4v) is 6.22. The van der Waals surface area contributed by atoms with Crippen LogP contribution in [-0.4, -0.2) is 61.8 Å². The first-order valence-corrected chi connectivity index (χ1v) is 11.2. The van der Waals surface area contributed by atoms with Crippen LogP contribution in [0.4, 0.5) is 4.39 Å². The largest absolute Gasteiger partial charge is 0.335 e. The predicted molar refractivity (Wildman–Crippen MR) is 99.0 cm³/mol. The molecule has 4 rings (SSSR count). The molecule has 1 N–H and O–H groups in total. The van der Waals surface area contributed by atoms with Crippen molar-refractivity contribution in [2.24, 2.45) is 5.92 Å². The Kier molecular flexibility index (Phi) is 5.22. The van der Waals surface area contributed by atoms with Gasteiger partial charge in [0.2, 0.25) is 15.9 Å². The van der Waals surface area contributed by atoms with E-state index < -0.39 is 15.8 Å². The summed E-state index contributed by atoms with van der Waals surface area (Å²) in [6.07, 6.45) is 4.09. The Bertz CT molecular complexity index is 794. The van der Waals surface area contributed by atoms with Gasteiger partial charge in [0.05, 0.1) is 0 Å². The number of nitrogens with zero attached hydrogens (tertiary/aromatic N) is 2. The Morgan fingerprint density at radius 2 is 1.74 bits per heavy atom. The van der Waals surface area contributed by atoms with E-state index in [1.54, 1.807) is 0 Å². The van der Waals surface area contributed by atoms with Crippen molar-refractivity contribution in [3.05, 3.63) is 30.1 Å². The highest BCUT2D eigenvalue weighted by Gasteiger charge is 2.42. The van der Waals surface area contributed by atoms with Gasteiger partial charge in [-0.1, -0.05) is 12.1 Å². The molecule has 148 valence electrons. The number of piperidine rings is 1. The number of amides is 1. The molecule has 6 nitrogen and oxygen atoms in total. The number of carbonyl (C=O) groups excluding carboxylic acids is 1. The van der Waals surface area contributed by atoms with Crippen LogP contribution in [0.3, 0.4) is 0 Å². The van der Waals surface area contributed by atoms with E-state index in [0.717, 1.165) is 38.4 Å². The van der Waals surface area contributed by atoms with Gasteiger partial charge in [-0.05, 0) is 50.8 Å². The maximum Gasteiger partial charge on any atom is 0.245 e. The van der Waals surface area contributed by atoms with Gasteiger partial charge in [0.15, 0.2) is 0 Å². The lowest BCUT2D eigenvalue weighted by Gasteiger charge is -2.36. The van der Waals surface area contributed by atoms with Gasteiger partial charge in [-0.3, -0.25) is 4.79 Å². The van der Waals surface area contributed by atoms with Gasteiger partial charge in [0.25, 0.3) is 0 Å². The number of benzene rings is 1. The van der Waals surface area contributed by atoms with Crippen LogP contribution in [0.25, 0.3) is 0 Å². The quantitative estimate of drug-likeness (QED) is 0.844. The molecule has 0 aliphatic carbocycles. The third-order valence-electron chi connectivity index (χ3n) is 6.17. The molecular weight excluding hydrogens is 369 g/mol. The van der Waals surface area contributed by atoms with E-state index in [9.17, 15) is 17.6 Å². The smallest absolute Gasteiger partial charge is 0.245 e. The van der Waals surface area contributed by atoms with Gasteiger partial charge >= 0.3 is 0 Å². The van der Waals surface area contributed by atoms with Crippen LogP contribution < -0.4 is 5.32 Å². The van der Waals surface area contributed by atoms with Crippen molar-refractivity contribution in [3.63, 3.8) is 0 Å². The van der Waals surface area contributed by atoms with E-state index in [2.05, 4.69) is 10.2 Å². The molecule has 0 aromatic heterocycles. The molecule has 3 fully saturated rings. The van der Waals surface area contributed by atoms with Crippen molar-refractivity contribution in [3.8, 4) is 0 Å². The van der Waals surface area contributed by atoms with E-state index in [0.29, 0.717) is 18.9 Å².